The van der Waals surface area contributed by atoms with Gasteiger partial charge in [0.25, 0.3) is 0 Å². The van der Waals surface area contributed by atoms with Crippen molar-refractivity contribution in [1.82, 2.24) is 9.97 Å². The van der Waals surface area contributed by atoms with E-state index < -0.39 is 0 Å². The van der Waals surface area contributed by atoms with Crippen LogP contribution in [0.1, 0.15) is 5.56 Å². The average molecular weight is 367 g/mol. The van der Waals surface area contributed by atoms with Gasteiger partial charge in [-0.25, -0.2) is 4.98 Å². The van der Waals surface area contributed by atoms with Crippen molar-refractivity contribution in [2.24, 2.45) is 0 Å². The van der Waals surface area contributed by atoms with Crippen LogP contribution in [0.25, 0.3) is 21.8 Å². The molecule has 0 aliphatic rings. The Balaban J connectivity index is 1.72. The van der Waals surface area contributed by atoms with E-state index in [1.165, 1.54) is 0 Å². The van der Waals surface area contributed by atoms with Crippen LogP contribution >= 0.6 is 23.2 Å². The Morgan fingerprint density at radius 2 is 1.64 bits per heavy atom. The van der Waals surface area contributed by atoms with Gasteiger partial charge >= 0.3 is 0 Å². The van der Waals surface area contributed by atoms with Crippen LogP contribution in [0.5, 0.6) is 0 Å². The summed E-state index contributed by atoms with van der Waals surface area (Å²) in [5.74, 6) is 0.764. The van der Waals surface area contributed by atoms with E-state index in [0.717, 1.165) is 21.8 Å². The quantitative estimate of drug-likeness (QED) is 0.278. The monoisotopic (exact) mass is 366 g/mol. The number of aromatic nitrogens is 2. The first-order chi connectivity index (χ1) is 12.1. The first-order valence-electron chi connectivity index (χ1n) is 7.57. The molecule has 4 aromatic rings. The first-order valence-corrected chi connectivity index (χ1v) is 8.33. The topological polar surface area (TPSA) is 61.7 Å². The molecule has 6 heteroatoms. The number of benzene rings is 2. The van der Waals surface area contributed by atoms with E-state index in [2.05, 4.69) is 15.3 Å². The zero-order chi connectivity index (χ0) is 17.4. The number of nitrogens with zero attached hydrogens (tertiary/aromatic N) is 2. The highest BCUT2D eigenvalue weighted by Crippen LogP contribution is 2.25. The molecule has 0 bridgehead atoms. The van der Waals surface area contributed by atoms with Crippen molar-refractivity contribution in [1.29, 1.82) is 5.41 Å². The summed E-state index contributed by atoms with van der Waals surface area (Å²) in [5.41, 5.74) is 2.27. The van der Waals surface area contributed by atoms with Crippen LogP contribution in [0, 0.1) is 5.41 Å². The molecule has 0 saturated carbocycles. The molecular weight excluding hydrogens is 355 g/mol. The third-order valence-corrected chi connectivity index (χ3v) is 4.63. The molecule has 2 N–H and O–H groups in total. The molecule has 2 aromatic heterocycles. The van der Waals surface area contributed by atoms with Crippen LogP contribution < -0.4 is 5.32 Å². The highest BCUT2D eigenvalue weighted by Gasteiger charge is 2.08. The molecule has 122 valence electrons. The summed E-state index contributed by atoms with van der Waals surface area (Å²) >= 11 is 11.9. The van der Waals surface area contributed by atoms with Gasteiger partial charge in [-0.2, -0.15) is 0 Å². The third kappa shape index (κ3) is 3.02. The van der Waals surface area contributed by atoms with Crippen molar-refractivity contribution in [3.8, 4) is 0 Å². The summed E-state index contributed by atoms with van der Waals surface area (Å²) in [6, 6.07) is 16.8. The Bertz CT molecular complexity index is 1120. The van der Waals surface area contributed by atoms with Gasteiger partial charge in [-0.05, 0) is 36.4 Å². The molecule has 0 aliphatic heterocycles. The number of rotatable bonds is 2. The van der Waals surface area contributed by atoms with E-state index in [4.69, 9.17) is 28.6 Å². The van der Waals surface area contributed by atoms with Crippen molar-refractivity contribution in [2.75, 3.05) is 5.32 Å². The van der Waals surface area contributed by atoms with E-state index in [1.54, 1.807) is 24.4 Å². The second-order valence-electron chi connectivity index (χ2n) is 5.54. The van der Waals surface area contributed by atoms with E-state index in [0.29, 0.717) is 21.4 Å². The molecule has 0 spiro atoms. The molecule has 0 fully saturated rings. The predicted molar refractivity (Wildman–Crippen MR) is 104 cm³/mol. The fraction of sp³-hybridized carbons (Fsp3) is 0. The largest absolute Gasteiger partial charge is 0.325 e. The van der Waals surface area contributed by atoms with Gasteiger partial charge in [0.15, 0.2) is 0 Å². The second-order valence-corrected chi connectivity index (χ2v) is 6.35. The molecule has 0 radical (unpaired) electrons. The van der Waals surface area contributed by atoms with Crippen molar-refractivity contribution < 1.29 is 0 Å². The van der Waals surface area contributed by atoms with Crippen LogP contribution in [0.15, 0.2) is 60.8 Å². The maximum Gasteiger partial charge on any atom is 0.132 e. The van der Waals surface area contributed by atoms with Gasteiger partial charge in [0, 0.05) is 22.5 Å². The fourth-order valence-corrected chi connectivity index (χ4v) is 2.94. The van der Waals surface area contributed by atoms with Gasteiger partial charge in [0.2, 0.25) is 0 Å². The Morgan fingerprint density at radius 3 is 2.44 bits per heavy atom. The van der Waals surface area contributed by atoms with Gasteiger partial charge in [-0.3, -0.25) is 10.4 Å². The van der Waals surface area contributed by atoms with Crippen LogP contribution in [0.2, 0.25) is 10.0 Å². The summed E-state index contributed by atoms with van der Waals surface area (Å²) in [4.78, 5) is 9.07. The Labute approximate surface area is 153 Å². The molecule has 0 unspecified atom stereocenters. The lowest BCUT2D eigenvalue weighted by Crippen LogP contribution is -2.13. The van der Waals surface area contributed by atoms with E-state index in [9.17, 15) is 0 Å². The number of amidine groups is 1. The average Bonchev–Trinajstić information content (AvgIpc) is 2.64. The normalized spacial score (nSPS) is 11.0. The Kier molecular flexibility index (Phi) is 3.99. The van der Waals surface area contributed by atoms with E-state index >= 15 is 0 Å². The minimum atomic E-state index is 0.193. The van der Waals surface area contributed by atoms with Crippen molar-refractivity contribution >= 4 is 56.7 Å². The number of fused-ring (bicyclic) bond motifs is 3. The smallest absolute Gasteiger partial charge is 0.132 e. The zero-order valence-corrected chi connectivity index (χ0v) is 14.4. The zero-order valence-electron chi connectivity index (χ0n) is 12.9. The maximum absolute atomic E-state index is 8.24. The molecule has 0 amide bonds. The van der Waals surface area contributed by atoms with Gasteiger partial charge in [0.1, 0.15) is 11.7 Å². The number of hydrogen-bond donors (Lipinski definition) is 2. The number of halogens is 2. The van der Waals surface area contributed by atoms with Crippen LogP contribution in [0.3, 0.4) is 0 Å². The molecule has 2 heterocycles. The summed E-state index contributed by atoms with van der Waals surface area (Å²) in [7, 11) is 0. The van der Waals surface area contributed by atoms with Crippen LogP contribution in [-0.4, -0.2) is 15.8 Å². The lowest BCUT2D eigenvalue weighted by atomic mass is 10.1. The minimum Gasteiger partial charge on any atom is -0.325 e. The standard InChI is InChI=1S/C19H12Cl2N4/c20-14-7-5-13(10-15(14)21)19(22)25-16-8-6-12-4-3-11-2-1-9-23-17(11)18(12)24-16/h1-10H,(H2,22,24,25). The highest BCUT2D eigenvalue weighted by molar-refractivity contribution is 6.42. The minimum absolute atomic E-state index is 0.193. The number of hydrogen-bond acceptors (Lipinski definition) is 3. The van der Waals surface area contributed by atoms with Crippen molar-refractivity contribution in [2.45, 2.75) is 0 Å². The molecule has 0 atom stereocenters. The summed E-state index contributed by atoms with van der Waals surface area (Å²) in [5, 5.41) is 14.1. The number of pyridine rings is 2. The second kappa shape index (κ2) is 6.31. The lowest BCUT2D eigenvalue weighted by molar-refractivity contribution is 1.35. The fourth-order valence-electron chi connectivity index (χ4n) is 2.65. The number of anilines is 1. The van der Waals surface area contributed by atoms with Gasteiger partial charge in [-0.1, -0.05) is 41.4 Å². The van der Waals surface area contributed by atoms with Gasteiger partial charge in [-0.15, -0.1) is 0 Å². The van der Waals surface area contributed by atoms with E-state index in [1.807, 2.05) is 36.4 Å². The highest BCUT2D eigenvalue weighted by atomic mass is 35.5. The van der Waals surface area contributed by atoms with Gasteiger partial charge < -0.3 is 5.32 Å². The summed E-state index contributed by atoms with van der Waals surface area (Å²) < 4.78 is 0. The molecule has 25 heavy (non-hydrogen) atoms. The van der Waals surface area contributed by atoms with Gasteiger partial charge in [0.05, 0.1) is 21.1 Å². The van der Waals surface area contributed by atoms with Crippen molar-refractivity contribution in [3.05, 3.63) is 76.4 Å². The van der Waals surface area contributed by atoms with E-state index in [-0.39, 0.29) is 5.84 Å². The van der Waals surface area contributed by atoms with Crippen LogP contribution in [-0.2, 0) is 0 Å². The predicted octanol–water partition coefficient (Wildman–Crippen LogP) is 5.53. The summed E-state index contributed by atoms with van der Waals surface area (Å²) in [6.07, 6.45) is 1.75. The molecular formula is C19H12Cl2N4. The molecule has 4 nitrogen and oxygen atoms in total. The Morgan fingerprint density at radius 1 is 0.880 bits per heavy atom. The van der Waals surface area contributed by atoms with Crippen molar-refractivity contribution in [3.63, 3.8) is 0 Å². The maximum atomic E-state index is 8.24. The SMILES string of the molecule is N=C(Nc1ccc2ccc3cccnc3c2n1)c1ccc(Cl)c(Cl)c1. The van der Waals surface area contributed by atoms with Crippen LogP contribution in [0.4, 0.5) is 5.82 Å². The lowest BCUT2D eigenvalue weighted by Gasteiger charge is -2.10. The third-order valence-electron chi connectivity index (χ3n) is 3.89. The molecule has 0 aliphatic carbocycles. The summed E-state index contributed by atoms with van der Waals surface area (Å²) in [6.45, 7) is 0. The first kappa shape index (κ1) is 15.8. The molecule has 2 aromatic carbocycles. The molecule has 0 saturated heterocycles. The number of nitrogens with one attached hydrogen (secondary N) is 2. The Hall–Kier alpha value is -2.69. The molecule has 4 rings (SSSR count).